The summed E-state index contributed by atoms with van der Waals surface area (Å²) in [5, 5.41) is 11.1. The van der Waals surface area contributed by atoms with Crippen molar-refractivity contribution < 1.29 is 9.72 Å². The van der Waals surface area contributed by atoms with E-state index in [0.29, 0.717) is 18.7 Å². The molecule has 1 aromatic carbocycles. The maximum Gasteiger partial charge on any atom is 0.272 e. The summed E-state index contributed by atoms with van der Waals surface area (Å²) in [5.41, 5.74) is 0.342. The van der Waals surface area contributed by atoms with Gasteiger partial charge in [0.25, 0.3) is 5.69 Å². The lowest BCUT2D eigenvalue weighted by Gasteiger charge is -2.29. The van der Waals surface area contributed by atoms with Gasteiger partial charge in [0.2, 0.25) is 0 Å². The van der Waals surface area contributed by atoms with E-state index in [4.69, 9.17) is 23.2 Å². The molecular formula is C11H10Cl2N2O3. The van der Waals surface area contributed by atoms with E-state index in [1.165, 1.54) is 12.1 Å². The number of Topliss-reactive ketones (excluding diaryl/α,β-unsaturated/α-hetero) is 1. The van der Waals surface area contributed by atoms with Crippen LogP contribution in [0.5, 0.6) is 0 Å². The number of hydrogen-bond acceptors (Lipinski definition) is 4. The Morgan fingerprint density at radius 2 is 1.89 bits per heavy atom. The highest BCUT2D eigenvalue weighted by Gasteiger charge is 2.23. The van der Waals surface area contributed by atoms with Crippen LogP contribution in [0.3, 0.4) is 0 Å². The Bertz CT molecular complexity index is 496. The fraction of sp³-hybridized carbons (Fsp3) is 0.364. The number of carbonyl (C=O) groups excluding carboxylic acids is 1. The average Bonchev–Trinajstić information content (AvgIpc) is 2.27. The van der Waals surface area contributed by atoms with E-state index in [1.807, 2.05) is 0 Å². The molecule has 18 heavy (non-hydrogen) atoms. The van der Waals surface area contributed by atoms with Crippen molar-refractivity contribution in [2.45, 2.75) is 12.8 Å². The summed E-state index contributed by atoms with van der Waals surface area (Å²) >= 11 is 12.0. The monoisotopic (exact) mass is 288 g/mol. The van der Waals surface area contributed by atoms with Gasteiger partial charge in [-0.15, -0.1) is 0 Å². The van der Waals surface area contributed by atoms with Crippen LogP contribution < -0.4 is 4.90 Å². The molecule has 0 N–H and O–H groups in total. The van der Waals surface area contributed by atoms with Crippen molar-refractivity contribution in [3.63, 3.8) is 0 Å². The molecule has 0 amide bonds. The van der Waals surface area contributed by atoms with Gasteiger partial charge in [-0.1, -0.05) is 23.2 Å². The van der Waals surface area contributed by atoms with Crippen molar-refractivity contribution in [1.29, 1.82) is 0 Å². The van der Waals surface area contributed by atoms with Crippen molar-refractivity contribution in [2.24, 2.45) is 0 Å². The summed E-state index contributed by atoms with van der Waals surface area (Å²) in [6.07, 6.45) is 1.29. The highest BCUT2D eigenvalue weighted by atomic mass is 35.5. The lowest BCUT2D eigenvalue weighted by molar-refractivity contribution is -0.384. The molecule has 96 valence electrons. The number of rotatable bonds is 2. The zero-order chi connectivity index (χ0) is 13.3. The zero-order valence-corrected chi connectivity index (χ0v) is 10.9. The Hall–Kier alpha value is -1.33. The largest absolute Gasteiger partial charge is 0.362 e. The minimum absolute atomic E-state index is 0.117. The third-order valence-corrected chi connectivity index (χ3v) is 3.36. The van der Waals surface area contributed by atoms with E-state index in [1.54, 1.807) is 4.90 Å². The fourth-order valence-electron chi connectivity index (χ4n) is 1.99. The van der Waals surface area contributed by atoms with Gasteiger partial charge < -0.3 is 4.90 Å². The number of anilines is 1. The van der Waals surface area contributed by atoms with Gasteiger partial charge in [0.1, 0.15) is 0 Å². The third-order valence-electron chi connectivity index (χ3n) is 2.78. The number of hydrogen-bond donors (Lipinski definition) is 0. The molecule has 1 aliphatic rings. The minimum atomic E-state index is -0.553. The molecule has 1 aromatic rings. The zero-order valence-electron chi connectivity index (χ0n) is 9.36. The lowest BCUT2D eigenvalue weighted by Crippen LogP contribution is -2.35. The summed E-state index contributed by atoms with van der Waals surface area (Å²) in [7, 11) is 0. The molecule has 0 radical (unpaired) electrons. The van der Waals surface area contributed by atoms with Crippen molar-refractivity contribution in [3.05, 3.63) is 32.3 Å². The highest BCUT2D eigenvalue weighted by Crippen LogP contribution is 2.38. The van der Waals surface area contributed by atoms with Crippen molar-refractivity contribution in [3.8, 4) is 0 Å². The van der Waals surface area contributed by atoms with Crippen LogP contribution in [0.4, 0.5) is 11.4 Å². The van der Waals surface area contributed by atoms with Crippen LogP contribution in [-0.4, -0.2) is 23.8 Å². The van der Waals surface area contributed by atoms with Crippen LogP contribution in [0.2, 0.25) is 10.0 Å². The number of nitro groups is 1. The van der Waals surface area contributed by atoms with Gasteiger partial charge in [0, 0.05) is 25.1 Å². The molecule has 7 heteroatoms. The Morgan fingerprint density at radius 1 is 1.28 bits per heavy atom. The summed E-state index contributed by atoms with van der Waals surface area (Å²) in [6, 6.07) is 2.50. The van der Waals surface area contributed by atoms with Gasteiger partial charge in [-0.05, 0) is 6.42 Å². The topological polar surface area (TPSA) is 63.5 Å². The van der Waals surface area contributed by atoms with E-state index in [0.717, 1.165) is 6.42 Å². The highest BCUT2D eigenvalue weighted by molar-refractivity contribution is 6.39. The summed E-state index contributed by atoms with van der Waals surface area (Å²) in [6.45, 7) is 0.917. The Kier molecular flexibility index (Phi) is 3.73. The van der Waals surface area contributed by atoms with Crippen LogP contribution in [0.1, 0.15) is 12.8 Å². The predicted molar refractivity (Wildman–Crippen MR) is 69.6 cm³/mol. The Morgan fingerprint density at radius 3 is 2.39 bits per heavy atom. The van der Waals surface area contributed by atoms with E-state index in [2.05, 4.69) is 0 Å². The molecule has 1 aliphatic heterocycles. The molecule has 5 nitrogen and oxygen atoms in total. The van der Waals surface area contributed by atoms with Crippen molar-refractivity contribution in [2.75, 3.05) is 18.0 Å². The van der Waals surface area contributed by atoms with Crippen LogP contribution in [-0.2, 0) is 4.79 Å². The number of halogens is 2. The number of benzene rings is 1. The molecule has 2 rings (SSSR count). The standard InChI is InChI=1S/C11H10Cl2N2O3/c12-9-4-7(15(17)18)5-10(13)11(9)14-3-1-2-8(16)6-14/h4-5H,1-3,6H2. The first-order valence-electron chi connectivity index (χ1n) is 5.39. The number of piperidine rings is 1. The Balaban J connectivity index is 2.38. The summed E-state index contributed by atoms with van der Waals surface area (Å²) in [4.78, 5) is 23.3. The Labute approximate surface area is 113 Å². The molecule has 1 heterocycles. The molecule has 0 bridgehead atoms. The van der Waals surface area contributed by atoms with E-state index in [-0.39, 0.29) is 28.1 Å². The van der Waals surface area contributed by atoms with Crippen LogP contribution in [0, 0.1) is 10.1 Å². The minimum Gasteiger partial charge on any atom is -0.362 e. The maximum atomic E-state index is 11.4. The molecule has 0 atom stereocenters. The molecule has 0 aromatic heterocycles. The number of non-ortho nitro benzene ring substituents is 1. The van der Waals surface area contributed by atoms with E-state index >= 15 is 0 Å². The molecule has 0 spiro atoms. The van der Waals surface area contributed by atoms with Gasteiger partial charge in [-0.2, -0.15) is 0 Å². The molecule has 0 unspecified atom stereocenters. The quantitative estimate of drug-likeness (QED) is 0.620. The smallest absolute Gasteiger partial charge is 0.272 e. The van der Waals surface area contributed by atoms with Crippen molar-refractivity contribution >= 4 is 40.4 Å². The summed E-state index contributed by atoms with van der Waals surface area (Å²) < 4.78 is 0. The number of nitro benzene ring substituents is 1. The number of carbonyl (C=O) groups is 1. The first-order chi connectivity index (χ1) is 8.49. The molecule has 0 aliphatic carbocycles. The maximum absolute atomic E-state index is 11.4. The van der Waals surface area contributed by atoms with Gasteiger partial charge in [-0.3, -0.25) is 14.9 Å². The van der Waals surface area contributed by atoms with Crippen LogP contribution >= 0.6 is 23.2 Å². The number of ketones is 1. The second-order valence-electron chi connectivity index (χ2n) is 4.08. The van der Waals surface area contributed by atoms with Crippen LogP contribution in [0.15, 0.2) is 12.1 Å². The molecular weight excluding hydrogens is 279 g/mol. The first kappa shape index (κ1) is 13.1. The third kappa shape index (κ3) is 2.57. The van der Waals surface area contributed by atoms with E-state index < -0.39 is 4.92 Å². The predicted octanol–water partition coefficient (Wildman–Crippen LogP) is 3.07. The SMILES string of the molecule is O=C1CCCN(c2c(Cl)cc([N+](=O)[O-])cc2Cl)C1. The van der Waals surface area contributed by atoms with Crippen molar-refractivity contribution in [1.82, 2.24) is 0 Å². The molecule has 1 fully saturated rings. The normalized spacial score (nSPS) is 15.9. The first-order valence-corrected chi connectivity index (χ1v) is 6.14. The van der Waals surface area contributed by atoms with Gasteiger partial charge in [-0.25, -0.2) is 0 Å². The number of nitrogens with zero attached hydrogens (tertiary/aromatic N) is 2. The molecule has 0 saturated carbocycles. The van der Waals surface area contributed by atoms with E-state index in [9.17, 15) is 14.9 Å². The second-order valence-corrected chi connectivity index (χ2v) is 4.89. The average molecular weight is 289 g/mol. The fourth-order valence-corrected chi connectivity index (χ4v) is 2.70. The van der Waals surface area contributed by atoms with Gasteiger partial charge in [0.15, 0.2) is 5.78 Å². The van der Waals surface area contributed by atoms with Gasteiger partial charge in [0.05, 0.1) is 27.2 Å². The lowest BCUT2D eigenvalue weighted by atomic mass is 10.1. The second kappa shape index (κ2) is 5.12. The summed E-state index contributed by atoms with van der Waals surface area (Å²) in [5.74, 6) is 0.117. The molecule has 1 saturated heterocycles. The van der Waals surface area contributed by atoms with Gasteiger partial charge >= 0.3 is 0 Å². The van der Waals surface area contributed by atoms with Crippen LogP contribution in [0.25, 0.3) is 0 Å².